The average Bonchev–Trinajstić information content (AvgIpc) is 2.67. The molecule has 0 bridgehead atoms. The Bertz CT molecular complexity index is 713. The molecule has 0 atom stereocenters. The second-order valence-electron chi connectivity index (χ2n) is 5.87. The van der Waals surface area contributed by atoms with Crippen molar-refractivity contribution in [3.8, 4) is 6.07 Å². The molecule has 1 saturated heterocycles. The number of nitrogens with zero attached hydrogens (tertiary/aromatic N) is 4. The van der Waals surface area contributed by atoms with Crippen molar-refractivity contribution in [3.05, 3.63) is 59.8 Å². The van der Waals surface area contributed by atoms with Crippen LogP contribution >= 0.6 is 0 Å². The van der Waals surface area contributed by atoms with E-state index in [4.69, 9.17) is 5.26 Å². The molecule has 5 heteroatoms. The quantitative estimate of drug-likeness (QED) is 0.867. The van der Waals surface area contributed by atoms with Crippen LogP contribution in [0.15, 0.2) is 48.7 Å². The fourth-order valence-electron chi connectivity index (χ4n) is 2.88. The van der Waals surface area contributed by atoms with E-state index >= 15 is 0 Å². The summed E-state index contributed by atoms with van der Waals surface area (Å²) in [5.41, 5.74) is 1.76. The maximum absolute atomic E-state index is 12.4. The molecule has 0 saturated carbocycles. The number of nitriles is 1. The highest BCUT2D eigenvalue weighted by atomic mass is 16.2. The fourth-order valence-corrected chi connectivity index (χ4v) is 2.88. The predicted octanol–water partition coefficient (Wildman–Crippen LogP) is 2.23. The summed E-state index contributed by atoms with van der Waals surface area (Å²) in [6.45, 7) is 2.98. The lowest BCUT2D eigenvalue weighted by Crippen LogP contribution is -2.49. The van der Waals surface area contributed by atoms with Gasteiger partial charge >= 0.3 is 0 Å². The lowest BCUT2D eigenvalue weighted by atomic mass is 10.1. The van der Waals surface area contributed by atoms with Gasteiger partial charge in [0, 0.05) is 38.8 Å². The van der Waals surface area contributed by atoms with Gasteiger partial charge in [-0.05, 0) is 24.1 Å². The number of anilines is 1. The van der Waals surface area contributed by atoms with Crippen LogP contribution in [0.1, 0.15) is 17.5 Å². The first-order chi connectivity index (χ1) is 11.8. The van der Waals surface area contributed by atoms with Gasteiger partial charge in [0.2, 0.25) is 5.91 Å². The number of pyridine rings is 1. The summed E-state index contributed by atoms with van der Waals surface area (Å²) in [5.74, 6) is 1.08. The van der Waals surface area contributed by atoms with E-state index in [0.717, 1.165) is 38.4 Å². The lowest BCUT2D eigenvalue weighted by Gasteiger charge is -2.35. The number of carbonyl (C=O) groups excluding carboxylic acids is 1. The summed E-state index contributed by atoms with van der Waals surface area (Å²) < 4.78 is 0. The SMILES string of the molecule is N#Cc1ccc(N2CCN(C(=O)CCc3ccccc3)CC2)nc1. The minimum atomic E-state index is 0.214. The van der Waals surface area contributed by atoms with Crippen LogP contribution in [-0.4, -0.2) is 42.0 Å². The van der Waals surface area contributed by atoms with Crippen LogP contribution in [0.4, 0.5) is 5.82 Å². The van der Waals surface area contributed by atoms with Crippen molar-refractivity contribution >= 4 is 11.7 Å². The van der Waals surface area contributed by atoms with Gasteiger partial charge in [-0.3, -0.25) is 4.79 Å². The van der Waals surface area contributed by atoms with E-state index in [2.05, 4.69) is 28.1 Å². The molecule has 122 valence electrons. The second kappa shape index (κ2) is 7.60. The molecule has 1 aromatic carbocycles. The number of benzene rings is 1. The molecule has 2 heterocycles. The summed E-state index contributed by atoms with van der Waals surface area (Å²) >= 11 is 0. The van der Waals surface area contributed by atoms with Gasteiger partial charge in [-0.25, -0.2) is 4.98 Å². The monoisotopic (exact) mass is 320 g/mol. The first-order valence-electron chi connectivity index (χ1n) is 8.19. The topological polar surface area (TPSA) is 60.2 Å². The van der Waals surface area contributed by atoms with Gasteiger partial charge in [-0.1, -0.05) is 30.3 Å². The Labute approximate surface area is 142 Å². The molecule has 0 aliphatic carbocycles. The normalized spacial score (nSPS) is 14.3. The molecule has 1 aromatic heterocycles. The van der Waals surface area contributed by atoms with E-state index in [1.807, 2.05) is 29.2 Å². The van der Waals surface area contributed by atoms with E-state index < -0.39 is 0 Å². The number of carbonyl (C=O) groups is 1. The van der Waals surface area contributed by atoms with Crippen LogP contribution in [0.3, 0.4) is 0 Å². The predicted molar refractivity (Wildman–Crippen MR) is 92.5 cm³/mol. The number of amides is 1. The number of aromatic nitrogens is 1. The molecule has 1 aliphatic heterocycles. The summed E-state index contributed by atoms with van der Waals surface area (Å²) in [7, 11) is 0. The molecular weight excluding hydrogens is 300 g/mol. The van der Waals surface area contributed by atoms with E-state index in [9.17, 15) is 4.79 Å². The van der Waals surface area contributed by atoms with Gasteiger partial charge < -0.3 is 9.80 Å². The van der Waals surface area contributed by atoms with Crippen LogP contribution in [0, 0.1) is 11.3 Å². The Morgan fingerprint density at radius 1 is 1.08 bits per heavy atom. The Morgan fingerprint density at radius 2 is 1.83 bits per heavy atom. The van der Waals surface area contributed by atoms with E-state index in [0.29, 0.717) is 12.0 Å². The van der Waals surface area contributed by atoms with Crippen LogP contribution in [0.2, 0.25) is 0 Å². The van der Waals surface area contributed by atoms with Gasteiger partial charge in [0.15, 0.2) is 0 Å². The highest BCUT2D eigenvalue weighted by molar-refractivity contribution is 5.76. The molecule has 0 unspecified atom stereocenters. The number of rotatable bonds is 4. The third kappa shape index (κ3) is 3.90. The fraction of sp³-hybridized carbons (Fsp3) is 0.316. The largest absolute Gasteiger partial charge is 0.353 e. The van der Waals surface area contributed by atoms with Crippen molar-refractivity contribution < 1.29 is 4.79 Å². The molecule has 0 spiro atoms. The van der Waals surface area contributed by atoms with E-state index in [1.54, 1.807) is 12.3 Å². The Hall–Kier alpha value is -2.87. The molecule has 1 amide bonds. The van der Waals surface area contributed by atoms with Crippen molar-refractivity contribution in [3.63, 3.8) is 0 Å². The van der Waals surface area contributed by atoms with Crippen molar-refractivity contribution in [1.29, 1.82) is 5.26 Å². The average molecular weight is 320 g/mol. The minimum Gasteiger partial charge on any atom is -0.353 e. The third-order valence-corrected chi connectivity index (χ3v) is 4.30. The number of piperazine rings is 1. The zero-order valence-corrected chi connectivity index (χ0v) is 13.6. The molecular formula is C19H20N4O. The highest BCUT2D eigenvalue weighted by Gasteiger charge is 2.21. The van der Waals surface area contributed by atoms with Gasteiger partial charge in [0.05, 0.1) is 5.56 Å². The Kier molecular flexibility index (Phi) is 5.07. The third-order valence-electron chi connectivity index (χ3n) is 4.30. The molecule has 1 aliphatic rings. The Balaban J connectivity index is 1.49. The van der Waals surface area contributed by atoms with Gasteiger partial charge in [0.1, 0.15) is 11.9 Å². The van der Waals surface area contributed by atoms with Crippen LogP contribution < -0.4 is 4.90 Å². The Morgan fingerprint density at radius 3 is 2.46 bits per heavy atom. The van der Waals surface area contributed by atoms with Crippen molar-refractivity contribution in [2.24, 2.45) is 0 Å². The number of hydrogen-bond donors (Lipinski definition) is 0. The second-order valence-corrected chi connectivity index (χ2v) is 5.87. The lowest BCUT2D eigenvalue weighted by molar-refractivity contribution is -0.131. The molecule has 2 aromatic rings. The standard InChI is InChI=1S/C19H20N4O/c20-14-17-6-8-18(21-15-17)22-10-12-23(13-11-22)19(24)9-7-16-4-2-1-3-5-16/h1-6,8,15H,7,9-13H2. The zero-order valence-electron chi connectivity index (χ0n) is 13.6. The molecule has 3 rings (SSSR count). The minimum absolute atomic E-state index is 0.214. The first-order valence-corrected chi connectivity index (χ1v) is 8.19. The molecule has 0 radical (unpaired) electrons. The van der Waals surface area contributed by atoms with Crippen molar-refractivity contribution in [2.45, 2.75) is 12.8 Å². The van der Waals surface area contributed by atoms with Crippen LogP contribution in [0.5, 0.6) is 0 Å². The maximum Gasteiger partial charge on any atom is 0.223 e. The van der Waals surface area contributed by atoms with Crippen molar-refractivity contribution in [1.82, 2.24) is 9.88 Å². The van der Waals surface area contributed by atoms with Gasteiger partial charge in [0.25, 0.3) is 0 Å². The molecule has 5 nitrogen and oxygen atoms in total. The summed E-state index contributed by atoms with van der Waals surface area (Å²) in [4.78, 5) is 20.8. The number of aryl methyl sites for hydroxylation is 1. The molecule has 1 fully saturated rings. The van der Waals surface area contributed by atoms with Gasteiger partial charge in [-0.15, -0.1) is 0 Å². The van der Waals surface area contributed by atoms with E-state index in [1.165, 1.54) is 5.56 Å². The summed E-state index contributed by atoms with van der Waals surface area (Å²) in [5, 5.41) is 8.82. The highest BCUT2D eigenvalue weighted by Crippen LogP contribution is 2.15. The molecule has 24 heavy (non-hydrogen) atoms. The van der Waals surface area contributed by atoms with E-state index in [-0.39, 0.29) is 5.91 Å². The number of hydrogen-bond acceptors (Lipinski definition) is 4. The summed E-state index contributed by atoms with van der Waals surface area (Å²) in [6.07, 6.45) is 2.93. The van der Waals surface area contributed by atoms with Crippen LogP contribution in [0.25, 0.3) is 0 Å². The van der Waals surface area contributed by atoms with Gasteiger partial charge in [-0.2, -0.15) is 5.26 Å². The van der Waals surface area contributed by atoms with Crippen molar-refractivity contribution in [2.75, 3.05) is 31.1 Å². The first kappa shape index (κ1) is 16.0. The summed E-state index contributed by atoms with van der Waals surface area (Å²) in [6, 6.07) is 15.8. The zero-order chi connectivity index (χ0) is 16.8. The molecule has 0 N–H and O–H groups in total. The van der Waals surface area contributed by atoms with Crippen LogP contribution in [-0.2, 0) is 11.2 Å². The smallest absolute Gasteiger partial charge is 0.223 e. The maximum atomic E-state index is 12.4.